The van der Waals surface area contributed by atoms with Crippen molar-refractivity contribution in [3.8, 4) is 0 Å². The summed E-state index contributed by atoms with van der Waals surface area (Å²) in [5.41, 5.74) is 4.56. The van der Waals surface area contributed by atoms with Gasteiger partial charge in [0.05, 0.1) is 17.2 Å². The van der Waals surface area contributed by atoms with Crippen LogP contribution in [0.2, 0.25) is 10.0 Å². The summed E-state index contributed by atoms with van der Waals surface area (Å²) in [5, 5.41) is 9.55. The SMILES string of the molecule is O=C(N/N=C/c1ccc(Cl)cc1)c1nn(Cc2ccc(Cl)cc2)cc1Br. The Labute approximate surface area is 168 Å². The standard InChI is InChI=1S/C18H13BrCl2N4O/c19-16-11-25(10-13-3-7-15(21)8-4-13)24-17(16)18(26)23-22-9-12-1-5-14(20)6-2-12/h1-9,11H,10H2,(H,23,26)/b22-9+. The Morgan fingerprint density at radius 3 is 2.38 bits per heavy atom. The van der Waals surface area contributed by atoms with Crippen LogP contribution in [0, 0.1) is 0 Å². The van der Waals surface area contributed by atoms with Crippen molar-refractivity contribution in [3.63, 3.8) is 0 Å². The lowest BCUT2D eigenvalue weighted by atomic mass is 10.2. The third-order valence-corrected chi connectivity index (χ3v) is 4.52. The minimum absolute atomic E-state index is 0.257. The van der Waals surface area contributed by atoms with Gasteiger partial charge in [0, 0.05) is 16.2 Å². The Kier molecular flexibility index (Phi) is 6.08. The highest BCUT2D eigenvalue weighted by molar-refractivity contribution is 9.10. The zero-order chi connectivity index (χ0) is 18.5. The van der Waals surface area contributed by atoms with Crippen molar-refractivity contribution in [1.82, 2.24) is 15.2 Å². The number of carbonyl (C=O) groups is 1. The van der Waals surface area contributed by atoms with E-state index in [1.807, 2.05) is 24.3 Å². The Bertz CT molecular complexity index is 937. The minimum atomic E-state index is -0.406. The number of rotatable bonds is 5. The molecule has 1 aromatic heterocycles. The Hall–Kier alpha value is -2.15. The predicted molar refractivity (Wildman–Crippen MR) is 107 cm³/mol. The van der Waals surface area contributed by atoms with Crippen molar-refractivity contribution in [1.29, 1.82) is 0 Å². The van der Waals surface area contributed by atoms with E-state index in [-0.39, 0.29) is 5.69 Å². The van der Waals surface area contributed by atoms with Gasteiger partial charge in [0.1, 0.15) is 0 Å². The molecule has 3 rings (SSSR count). The van der Waals surface area contributed by atoms with Crippen molar-refractivity contribution >= 4 is 51.3 Å². The normalized spacial score (nSPS) is 11.0. The average Bonchev–Trinajstić information content (AvgIpc) is 2.99. The van der Waals surface area contributed by atoms with E-state index in [9.17, 15) is 4.79 Å². The lowest BCUT2D eigenvalue weighted by Gasteiger charge is -2.01. The molecule has 1 heterocycles. The largest absolute Gasteiger partial charge is 0.293 e. The van der Waals surface area contributed by atoms with Gasteiger partial charge < -0.3 is 0 Å². The van der Waals surface area contributed by atoms with Crippen LogP contribution < -0.4 is 5.43 Å². The van der Waals surface area contributed by atoms with E-state index < -0.39 is 5.91 Å². The van der Waals surface area contributed by atoms with E-state index >= 15 is 0 Å². The molecule has 132 valence electrons. The van der Waals surface area contributed by atoms with E-state index in [1.54, 1.807) is 35.1 Å². The molecule has 0 aliphatic heterocycles. The zero-order valence-corrected chi connectivity index (χ0v) is 16.5. The molecular formula is C18H13BrCl2N4O. The van der Waals surface area contributed by atoms with Crippen LogP contribution in [0.5, 0.6) is 0 Å². The van der Waals surface area contributed by atoms with Crippen molar-refractivity contribution in [2.75, 3.05) is 0 Å². The molecule has 0 saturated carbocycles. The number of nitrogens with zero attached hydrogens (tertiary/aromatic N) is 3. The van der Waals surface area contributed by atoms with Gasteiger partial charge in [0.2, 0.25) is 0 Å². The zero-order valence-electron chi connectivity index (χ0n) is 13.4. The molecule has 0 unspecified atom stereocenters. The molecule has 0 atom stereocenters. The highest BCUT2D eigenvalue weighted by atomic mass is 79.9. The second-order valence-electron chi connectivity index (χ2n) is 5.40. The van der Waals surface area contributed by atoms with Gasteiger partial charge in [-0.15, -0.1) is 0 Å². The van der Waals surface area contributed by atoms with Crippen LogP contribution in [0.1, 0.15) is 21.6 Å². The topological polar surface area (TPSA) is 59.3 Å². The fraction of sp³-hybridized carbons (Fsp3) is 0.0556. The number of hydrogen-bond acceptors (Lipinski definition) is 3. The van der Waals surface area contributed by atoms with Crippen LogP contribution in [-0.4, -0.2) is 21.9 Å². The molecule has 3 aromatic rings. The first-order valence-electron chi connectivity index (χ1n) is 7.57. The number of carbonyl (C=O) groups excluding carboxylic acids is 1. The third kappa shape index (κ3) is 4.94. The van der Waals surface area contributed by atoms with Gasteiger partial charge in [0.15, 0.2) is 5.69 Å². The maximum atomic E-state index is 12.3. The molecule has 2 aromatic carbocycles. The quantitative estimate of drug-likeness (QED) is 0.448. The van der Waals surface area contributed by atoms with E-state index in [0.717, 1.165) is 11.1 Å². The fourth-order valence-electron chi connectivity index (χ4n) is 2.18. The summed E-state index contributed by atoms with van der Waals surface area (Å²) in [5.74, 6) is -0.406. The molecule has 0 aliphatic carbocycles. The Balaban J connectivity index is 1.65. The van der Waals surface area contributed by atoms with E-state index in [4.69, 9.17) is 23.2 Å². The van der Waals surface area contributed by atoms with Gasteiger partial charge in [-0.3, -0.25) is 9.48 Å². The highest BCUT2D eigenvalue weighted by Crippen LogP contribution is 2.17. The molecule has 1 N–H and O–H groups in total. The number of amides is 1. The molecule has 0 aliphatic rings. The van der Waals surface area contributed by atoms with Gasteiger partial charge in [0.25, 0.3) is 5.91 Å². The second kappa shape index (κ2) is 8.49. The molecular weight excluding hydrogens is 439 g/mol. The first-order chi connectivity index (χ1) is 12.5. The summed E-state index contributed by atoms with van der Waals surface area (Å²) in [6.07, 6.45) is 3.28. The Morgan fingerprint density at radius 1 is 1.12 bits per heavy atom. The van der Waals surface area contributed by atoms with Crippen molar-refractivity contribution < 1.29 is 4.79 Å². The molecule has 0 saturated heterocycles. The summed E-state index contributed by atoms with van der Waals surface area (Å²) < 4.78 is 2.26. The number of benzene rings is 2. The first-order valence-corrected chi connectivity index (χ1v) is 9.12. The lowest BCUT2D eigenvalue weighted by Crippen LogP contribution is -2.19. The molecule has 0 spiro atoms. The maximum Gasteiger partial charge on any atom is 0.293 e. The van der Waals surface area contributed by atoms with Crippen LogP contribution in [-0.2, 0) is 6.54 Å². The first kappa shape index (κ1) is 18.6. The maximum absolute atomic E-state index is 12.3. The smallest absolute Gasteiger partial charge is 0.266 e. The summed E-state index contributed by atoms with van der Waals surface area (Å²) in [7, 11) is 0. The third-order valence-electron chi connectivity index (χ3n) is 3.44. The fourth-order valence-corrected chi connectivity index (χ4v) is 2.92. The number of hydrazone groups is 1. The van der Waals surface area contributed by atoms with Crippen LogP contribution in [0.25, 0.3) is 0 Å². The minimum Gasteiger partial charge on any atom is -0.266 e. The summed E-state index contributed by atoms with van der Waals surface area (Å²) >= 11 is 15.1. The molecule has 0 bridgehead atoms. The number of nitrogens with one attached hydrogen (secondary N) is 1. The molecule has 1 amide bonds. The van der Waals surface area contributed by atoms with E-state index in [0.29, 0.717) is 21.1 Å². The molecule has 26 heavy (non-hydrogen) atoms. The van der Waals surface area contributed by atoms with Crippen LogP contribution in [0.15, 0.2) is 64.3 Å². The monoisotopic (exact) mass is 450 g/mol. The van der Waals surface area contributed by atoms with E-state index in [1.165, 1.54) is 6.21 Å². The van der Waals surface area contributed by atoms with Gasteiger partial charge in [-0.2, -0.15) is 10.2 Å². The number of hydrogen-bond donors (Lipinski definition) is 1. The highest BCUT2D eigenvalue weighted by Gasteiger charge is 2.14. The summed E-state index contributed by atoms with van der Waals surface area (Å²) in [6.45, 7) is 0.525. The molecule has 0 fully saturated rings. The Morgan fingerprint density at radius 2 is 1.73 bits per heavy atom. The van der Waals surface area contributed by atoms with Crippen LogP contribution >= 0.6 is 39.1 Å². The van der Waals surface area contributed by atoms with Crippen molar-refractivity contribution in [3.05, 3.63) is 86.1 Å². The summed E-state index contributed by atoms with van der Waals surface area (Å²) in [6, 6.07) is 14.5. The number of halogens is 3. The van der Waals surface area contributed by atoms with Crippen LogP contribution in [0.4, 0.5) is 0 Å². The van der Waals surface area contributed by atoms with E-state index in [2.05, 4.69) is 31.6 Å². The van der Waals surface area contributed by atoms with Crippen molar-refractivity contribution in [2.24, 2.45) is 5.10 Å². The molecule has 0 radical (unpaired) electrons. The lowest BCUT2D eigenvalue weighted by molar-refractivity contribution is 0.0948. The second-order valence-corrected chi connectivity index (χ2v) is 7.13. The summed E-state index contributed by atoms with van der Waals surface area (Å²) in [4.78, 5) is 12.3. The number of aromatic nitrogens is 2. The average molecular weight is 452 g/mol. The van der Waals surface area contributed by atoms with Crippen molar-refractivity contribution in [2.45, 2.75) is 6.54 Å². The molecule has 8 heteroatoms. The van der Waals surface area contributed by atoms with Crippen LogP contribution in [0.3, 0.4) is 0 Å². The van der Waals surface area contributed by atoms with Gasteiger partial charge in [-0.1, -0.05) is 47.5 Å². The van der Waals surface area contributed by atoms with Gasteiger partial charge >= 0.3 is 0 Å². The van der Waals surface area contributed by atoms with Gasteiger partial charge in [-0.25, -0.2) is 5.43 Å². The predicted octanol–water partition coefficient (Wildman–Crippen LogP) is 4.76. The molecule has 5 nitrogen and oxygen atoms in total. The van der Waals surface area contributed by atoms with Gasteiger partial charge in [-0.05, 0) is 51.3 Å².